The molecule has 9 aromatic rings. The van der Waals surface area contributed by atoms with Crippen molar-refractivity contribution in [3.8, 4) is 28.0 Å². The zero-order chi connectivity index (χ0) is 54.4. The van der Waals surface area contributed by atoms with E-state index in [0.717, 1.165) is 90.2 Å². The molecule has 11 rings (SSSR count). The molecule has 4 N–H and O–H groups in total. The van der Waals surface area contributed by atoms with Gasteiger partial charge in [-0.05, 0) is 136 Å². The number of piperidine rings is 2. The Morgan fingerprint density at radius 2 is 1.33 bits per heavy atom. The van der Waals surface area contributed by atoms with E-state index in [-0.39, 0.29) is 24.2 Å². The summed E-state index contributed by atoms with van der Waals surface area (Å²) < 4.78 is 20.0. The molecule has 19 nitrogen and oxygen atoms in total. The Hall–Kier alpha value is -7.89. The van der Waals surface area contributed by atoms with E-state index >= 15 is 0 Å². The number of carbonyl (C=O) groups excluding carboxylic acids is 3. The highest BCUT2D eigenvalue weighted by atomic mass is 35.5. The van der Waals surface area contributed by atoms with Gasteiger partial charge in [-0.25, -0.2) is 39.7 Å². The molecule has 9 heterocycles. The van der Waals surface area contributed by atoms with E-state index < -0.39 is 10.8 Å². The van der Waals surface area contributed by atoms with Crippen LogP contribution in [0.4, 0.5) is 27.8 Å². The number of halogens is 1. The fourth-order valence-electron chi connectivity index (χ4n) is 8.40. The molecule has 0 atom stereocenters. The van der Waals surface area contributed by atoms with E-state index in [2.05, 4.69) is 62.1 Å². The number of carbonyl (C=O) groups is 3. The smallest absolute Gasteiger partial charge is 0.410 e. The molecule has 2 saturated heterocycles. The van der Waals surface area contributed by atoms with Crippen molar-refractivity contribution >= 4 is 97.0 Å². The first-order chi connectivity index (χ1) is 37.8. The number of likely N-dealkylation sites (tertiary alicyclic amines) is 2. The molecule has 2 amide bonds. The molecular weight excluding hydrogens is 1070 g/mol. The van der Waals surface area contributed by atoms with Crippen LogP contribution in [0.25, 0.3) is 27.7 Å². The van der Waals surface area contributed by atoms with Gasteiger partial charge < -0.3 is 35.5 Å². The third-order valence-electron chi connectivity index (χ3n) is 12.0. The van der Waals surface area contributed by atoms with Gasteiger partial charge in [0.1, 0.15) is 40.6 Å². The van der Waals surface area contributed by atoms with Crippen LogP contribution in [0.15, 0.2) is 138 Å². The average molecular weight is 1130 g/mol. The predicted octanol–water partition coefficient (Wildman–Crippen LogP) is 11.4. The maximum atomic E-state index is 12.4. The van der Waals surface area contributed by atoms with Gasteiger partial charge in [0.15, 0.2) is 32.3 Å². The predicted molar refractivity (Wildman–Crippen MR) is 305 cm³/mol. The van der Waals surface area contributed by atoms with Crippen molar-refractivity contribution in [1.29, 1.82) is 0 Å². The molecule has 2 fully saturated rings. The van der Waals surface area contributed by atoms with Crippen LogP contribution < -0.4 is 25.8 Å². The largest absolute Gasteiger partial charge is 0.490 e. The number of amides is 2. The molecule has 78 heavy (non-hydrogen) atoms. The van der Waals surface area contributed by atoms with Crippen LogP contribution >= 0.6 is 45.6 Å². The van der Waals surface area contributed by atoms with Gasteiger partial charge in [-0.3, -0.25) is 19.1 Å². The van der Waals surface area contributed by atoms with Gasteiger partial charge in [0.25, 0.3) is 11.1 Å². The molecule has 0 saturated carbocycles. The number of nitrogens with zero attached hydrogens (tertiary/aromatic N) is 10. The number of nitrogens with one attached hydrogen (secondary N) is 2. The molecule has 0 unspecified atom stereocenters. The van der Waals surface area contributed by atoms with E-state index in [1.165, 1.54) is 28.2 Å². The summed E-state index contributed by atoms with van der Waals surface area (Å²) in [6, 6.07) is 27.1. The number of hydrogen-bond donors (Lipinski definition) is 3. The standard InChI is InChI=1S/C26H25N7OS.C25H29N5O4S.C4H2ClNOS/c27-23-16-18(7-11-28-23)17-32-13-8-21(9-14-32)34-20-5-3-19(4-6-20)33-24-22(2-1-10-29-24)31-25(33)26-30-12-15-35-26;1-25(2,3)34-24(32)30-14-10-19(11-15-30)33-18-8-6-17(7-9-18)28-21-20(5-4-12-26-21)29-22(31)23-27-13-16-35-23;5-3(7)4-6-1-2-8-4/h1-7,10-12,15-16,21H,8-9,13-14,17H2,(H2,27,28);4-9,12-13,16,19H,10-11,14-15H2,1-3H3,(H,26,28)(H,29,31);1-2H. The van der Waals surface area contributed by atoms with Crippen molar-refractivity contribution in [2.24, 2.45) is 0 Å². The summed E-state index contributed by atoms with van der Waals surface area (Å²) in [6.07, 6.45) is 13.6. The summed E-state index contributed by atoms with van der Waals surface area (Å²) in [7, 11) is 0. The van der Waals surface area contributed by atoms with Crippen LogP contribution in [0.5, 0.6) is 11.5 Å². The first-order valence-electron chi connectivity index (χ1n) is 25.0. The van der Waals surface area contributed by atoms with Gasteiger partial charge in [0.2, 0.25) is 0 Å². The summed E-state index contributed by atoms with van der Waals surface area (Å²) in [5.74, 6) is 3.25. The molecule has 2 aliphatic rings. The number of thiazole rings is 3. The second kappa shape index (κ2) is 26.0. The van der Waals surface area contributed by atoms with Crippen molar-refractivity contribution in [1.82, 2.24) is 49.3 Å². The lowest BCUT2D eigenvalue weighted by atomic mass is 10.1. The van der Waals surface area contributed by atoms with Gasteiger partial charge in [0.05, 0.1) is 5.69 Å². The Morgan fingerprint density at radius 1 is 0.705 bits per heavy atom. The minimum absolute atomic E-state index is 0.0379. The van der Waals surface area contributed by atoms with Crippen LogP contribution in [0, 0.1) is 0 Å². The van der Waals surface area contributed by atoms with Crippen LogP contribution in [-0.4, -0.2) is 110 Å². The van der Waals surface area contributed by atoms with E-state index in [9.17, 15) is 14.4 Å². The number of benzene rings is 2. The molecule has 0 spiro atoms. The lowest BCUT2D eigenvalue weighted by Gasteiger charge is -2.33. The number of rotatable bonds is 13. The normalized spacial score (nSPS) is 14.1. The van der Waals surface area contributed by atoms with Crippen LogP contribution in [0.2, 0.25) is 0 Å². The third kappa shape index (κ3) is 15.2. The number of aromatic nitrogens is 8. The van der Waals surface area contributed by atoms with Crippen molar-refractivity contribution < 1.29 is 28.6 Å². The number of pyridine rings is 3. The number of imidazole rings is 1. The lowest BCUT2D eigenvalue weighted by Crippen LogP contribution is -2.44. The Bertz CT molecular complexity index is 3360. The molecule has 7 aromatic heterocycles. The topological polar surface area (TPSA) is 231 Å². The minimum atomic E-state index is -0.497. The monoisotopic (exact) mass is 1130 g/mol. The Labute approximate surface area is 467 Å². The Kier molecular flexibility index (Phi) is 18.3. The molecule has 23 heteroatoms. The van der Waals surface area contributed by atoms with Crippen LogP contribution in [0.1, 0.15) is 71.6 Å². The van der Waals surface area contributed by atoms with E-state index in [1.807, 2.05) is 86.8 Å². The Balaban J connectivity index is 0.000000166. The molecule has 402 valence electrons. The third-order valence-corrected chi connectivity index (χ3v) is 14.6. The maximum Gasteiger partial charge on any atom is 0.410 e. The first-order valence-corrected chi connectivity index (χ1v) is 28.0. The summed E-state index contributed by atoms with van der Waals surface area (Å²) in [5.41, 5.74) is 10.5. The van der Waals surface area contributed by atoms with E-state index in [4.69, 9.17) is 36.5 Å². The van der Waals surface area contributed by atoms with Crippen molar-refractivity contribution in [2.45, 2.75) is 70.8 Å². The van der Waals surface area contributed by atoms with Gasteiger partial charge in [-0.1, -0.05) is 0 Å². The molecule has 0 bridgehead atoms. The number of nitrogen functional groups attached to an aromatic ring is 1. The summed E-state index contributed by atoms with van der Waals surface area (Å²) >= 11 is 9.14. The van der Waals surface area contributed by atoms with Gasteiger partial charge in [0, 0.05) is 110 Å². The number of fused-ring (bicyclic) bond motifs is 1. The highest BCUT2D eigenvalue weighted by Crippen LogP contribution is 2.31. The minimum Gasteiger partial charge on any atom is -0.490 e. The van der Waals surface area contributed by atoms with Gasteiger partial charge in [-0.2, -0.15) is 0 Å². The number of nitrogens with two attached hydrogens (primary N) is 1. The van der Waals surface area contributed by atoms with Crippen LogP contribution in [-0.2, 0) is 11.3 Å². The van der Waals surface area contributed by atoms with Gasteiger partial charge >= 0.3 is 6.09 Å². The lowest BCUT2D eigenvalue weighted by molar-refractivity contribution is 0.0126. The van der Waals surface area contributed by atoms with Crippen molar-refractivity contribution in [2.75, 3.05) is 42.5 Å². The van der Waals surface area contributed by atoms with E-state index in [1.54, 1.807) is 76.3 Å². The van der Waals surface area contributed by atoms with Gasteiger partial charge in [-0.15, -0.1) is 34.0 Å². The molecule has 2 aromatic carbocycles. The number of ether oxygens (including phenoxy) is 3. The van der Waals surface area contributed by atoms with Crippen molar-refractivity contribution in [3.63, 3.8) is 0 Å². The fourth-order valence-corrected chi connectivity index (χ4v) is 10.2. The number of hydrogen-bond acceptors (Lipinski definition) is 19. The highest BCUT2D eigenvalue weighted by Gasteiger charge is 2.28. The average Bonchev–Trinajstić information content (AvgIpc) is 4.31. The molecular formula is C55H56ClN13O6S3. The quantitative estimate of drug-likeness (QED) is 0.0911. The molecule has 0 aliphatic carbocycles. The summed E-state index contributed by atoms with van der Waals surface area (Å²) in [4.78, 5) is 68.9. The molecule has 2 aliphatic heterocycles. The van der Waals surface area contributed by atoms with Crippen LogP contribution in [0.3, 0.4) is 0 Å². The zero-order valence-electron chi connectivity index (χ0n) is 42.9. The highest BCUT2D eigenvalue weighted by molar-refractivity contribution is 7.13. The first kappa shape index (κ1) is 54.9. The molecule has 0 radical (unpaired) electrons. The zero-order valence-corrected chi connectivity index (χ0v) is 46.1. The second-order valence-electron chi connectivity index (χ2n) is 18.9. The Morgan fingerprint density at radius 3 is 1.95 bits per heavy atom. The fraction of sp³-hybridized carbons (Fsp3) is 0.273. The SMILES string of the molecule is CC(C)(C)OC(=O)N1CCC(Oc2ccc(Nc3ncccc3NC(=O)c3nccs3)cc2)CC1.Nc1cc(CN2CCC(Oc3ccc(-n4c(-c5nccs5)nc5cccnc54)cc3)CC2)ccn1.O=C(Cl)c1nccs1. The number of anilines is 4. The second-order valence-corrected chi connectivity index (χ2v) is 21.9. The maximum absolute atomic E-state index is 12.4. The summed E-state index contributed by atoms with van der Waals surface area (Å²) in [5, 5.41) is 12.6. The van der Waals surface area contributed by atoms with E-state index in [0.29, 0.717) is 40.4 Å². The van der Waals surface area contributed by atoms with Crippen molar-refractivity contribution in [3.05, 3.63) is 154 Å². The summed E-state index contributed by atoms with van der Waals surface area (Å²) in [6.45, 7) is 9.70.